The lowest BCUT2D eigenvalue weighted by atomic mass is 10.2. The summed E-state index contributed by atoms with van der Waals surface area (Å²) < 4.78 is 5.83. The maximum absolute atomic E-state index is 11.7. The van der Waals surface area contributed by atoms with Crippen LogP contribution in [0.15, 0.2) is 12.2 Å². The highest BCUT2D eigenvalue weighted by molar-refractivity contribution is 5.71. The first-order chi connectivity index (χ1) is 9.24. The molecular weight excluding hydrogens is 258 g/mol. The molecule has 0 radical (unpaired) electrons. The minimum Gasteiger partial charge on any atom is -0.481 e. The molecule has 0 aliphatic heterocycles. The predicted octanol–water partition coefficient (Wildman–Crippen LogP) is 2.22. The zero-order chi connectivity index (χ0) is 15.6. The normalized spacial score (nSPS) is 13.4. The Balaban J connectivity index is 4.21. The number of rotatable bonds is 10. The number of hydrogen-bond donors (Lipinski definition) is 1. The van der Waals surface area contributed by atoms with Crippen LogP contribution in [-0.2, 0) is 14.3 Å². The van der Waals surface area contributed by atoms with Crippen LogP contribution in [0.1, 0.15) is 39.0 Å². The zero-order valence-corrected chi connectivity index (χ0v) is 13.1. The Labute approximate surface area is 121 Å². The molecule has 0 spiro atoms. The Morgan fingerprint density at radius 2 is 1.80 bits per heavy atom. The van der Waals surface area contributed by atoms with E-state index in [4.69, 9.17) is 9.84 Å². The van der Waals surface area contributed by atoms with Crippen molar-refractivity contribution in [2.24, 2.45) is 0 Å². The maximum Gasteiger partial charge on any atom is 0.307 e. The smallest absolute Gasteiger partial charge is 0.307 e. The lowest BCUT2D eigenvalue weighted by Crippen LogP contribution is -2.43. The van der Waals surface area contributed by atoms with Crippen molar-refractivity contribution < 1.29 is 23.9 Å². The van der Waals surface area contributed by atoms with Crippen LogP contribution in [0.25, 0.3) is 0 Å². The summed E-state index contributed by atoms with van der Waals surface area (Å²) in [7, 11) is 5.82. The molecule has 0 saturated heterocycles. The van der Waals surface area contributed by atoms with Crippen LogP contribution in [0.3, 0.4) is 0 Å². The van der Waals surface area contributed by atoms with Gasteiger partial charge in [-0.05, 0) is 12.8 Å². The van der Waals surface area contributed by atoms with E-state index >= 15 is 0 Å². The van der Waals surface area contributed by atoms with Gasteiger partial charge in [0.1, 0.15) is 6.54 Å². The minimum atomic E-state index is -0.945. The van der Waals surface area contributed by atoms with E-state index < -0.39 is 12.1 Å². The lowest BCUT2D eigenvalue weighted by molar-refractivity contribution is -0.873. The number of unbranched alkanes of at least 4 members (excludes halogenated alkanes) is 1. The van der Waals surface area contributed by atoms with Gasteiger partial charge in [-0.25, -0.2) is 0 Å². The number of carboxylic acid groups (broad SMARTS) is 1. The van der Waals surface area contributed by atoms with E-state index in [9.17, 15) is 9.59 Å². The fourth-order valence-electron chi connectivity index (χ4n) is 1.80. The van der Waals surface area contributed by atoms with Crippen LogP contribution in [0, 0.1) is 0 Å². The molecule has 0 aliphatic rings. The highest BCUT2D eigenvalue weighted by Gasteiger charge is 2.24. The summed E-state index contributed by atoms with van der Waals surface area (Å²) in [4.78, 5) is 22.5. The summed E-state index contributed by atoms with van der Waals surface area (Å²) in [6.07, 6.45) is 6.34. The van der Waals surface area contributed by atoms with E-state index in [1.54, 1.807) is 0 Å². The first-order valence-electron chi connectivity index (χ1n) is 7.11. The van der Waals surface area contributed by atoms with Gasteiger partial charge in [0, 0.05) is 6.42 Å². The molecule has 1 N–H and O–H groups in total. The Hall–Kier alpha value is -1.36. The third kappa shape index (κ3) is 11.7. The molecule has 0 amide bonds. The SMILES string of the molecule is CCCC=CCCC(=O)OC(CC(=O)O)C[N+](C)(C)C. The van der Waals surface area contributed by atoms with Gasteiger partial charge in [-0.15, -0.1) is 0 Å². The molecule has 0 saturated carbocycles. The van der Waals surface area contributed by atoms with Crippen molar-refractivity contribution in [2.45, 2.75) is 45.1 Å². The second-order valence-corrected chi connectivity index (χ2v) is 5.98. The third-order valence-corrected chi connectivity index (χ3v) is 2.59. The third-order valence-electron chi connectivity index (χ3n) is 2.59. The summed E-state index contributed by atoms with van der Waals surface area (Å²) in [5.41, 5.74) is 0. The largest absolute Gasteiger partial charge is 0.481 e. The second kappa shape index (κ2) is 9.53. The van der Waals surface area contributed by atoms with Crippen LogP contribution < -0.4 is 0 Å². The summed E-state index contributed by atoms with van der Waals surface area (Å²) in [5, 5.41) is 8.86. The summed E-state index contributed by atoms with van der Waals surface area (Å²) in [6.45, 7) is 2.59. The molecule has 116 valence electrons. The maximum atomic E-state index is 11.7. The molecule has 0 bridgehead atoms. The minimum absolute atomic E-state index is 0.146. The number of likely N-dealkylation sites (N-methyl/N-ethyl adjacent to an activating group) is 1. The van der Waals surface area contributed by atoms with Gasteiger partial charge in [0.25, 0.3) is 0 Å². The van der Waals surface area contributed by atoms with Gasteiger partial charge in [0.2, 0.25) is 0 Å². The number of hydrogen-bond acceptors (Lipinski definition) is 3. The average molecular weight is 286 g/mol. The molecule has 1 atom stereocenters. The summed E-state index contributed by atoms with van der Waals surface area (Å²) >= 11 is 0. The number of carboxylic acids is 1. The van der Waals surface area contributed by atoms with Crippen molar-refractivity contribution in [3.63, 3.8) is 0 Å². The molecule has 5 heteroatoms. The van der Waals surface area contributed by atoms with Crippen LogP contribution in [0.5, 0.6) is 0 Å². The monoisotopic (exact) mass is 286 g/mol. The molecule has 1 unspecified atom stereocenters. The van der Waals surface area contributed by atoms with E-state index in [0.29, 0.717) is 23.9 Å². The number of carbonyl (C=O) groups excluding carboxylic acids is 1. The van der Waals surface area contributed by atoms with Gasteiger partial charge in [-0.1, -0.05) is 25.5 Å². The summed E-state index contributed by atoms with van der Waals surface area (Å²) in [6, 6.07) is 0. The molecule has 0 rings (SSSR count). The van der Waals surface area contributed by atoms with Crippen LogP contribution in [0.2, 0.25) is 0 Å². The molecule has 0 heterocycles. The topological polar surface area (TPSA) is 63.6 Å². The van der Waals surface area contributed by atoms with Crippen molar-refractivity contribution >= 4 is 11.9 Å². The fraction of sp³-hybridized carbons (Fsp3) is 0.733. The molecule has 20 heavy (non-hydrogen) atoms. The van der Waals surface area contributed by atoms with E-state index in [1.165, 1.54) is 0 Å². The number of nitrogens with zero attached hydrogens (tertiary/aromatic N) is 1. The highest BCUT2D eigenvalue weighted by Crippen LogP contribution is 2.07. The Morgan fingerprint density at radius 1 is 1.20 bits per heavy atom. The molecule has 0 aromatic carbocycles. The second-order valence-electron chi connectivity index (χ2n) is 5.98. The molecule has 0 aromatic heterocycles. The van der Waals surface area contributed by atoms with E-state index in [2.05, 4.69) is 6.92 Å². The van der Waals surface area contributed by atoms with E-state index in [1.807, 2.05) is 33.3 Å². The number of carbonyl (C=O) groups is 2. The average Bonchev–Trinajstić information content (AvgIpc) is 2.25. The quantitative estimate of drug-likeness (QED) is 0.380. The van der Waals surface area contributed by atoms with Crippen LogP contribution >= 0.6 is 0 Å². The highest BCUT2D eigenvalue weighted by atomic mass is 16.5. The first kappa shape index (κ1) is 18.6. The zero-order valence-electron chi connectivity index (χ0n) is 13.1. The van der Waals surface area contributed by atoms with Gasteiger partial charge in [0.05, 0.1) is 27.6 Å². The van der Waals surface area contributed by atoms with Gasteiger partial charge in [-0.2, -0.15) is 0 Å². The first-order valence-corrected chi connectivity index (χ1v) is 7.11. The van der Waals surface area contributed by atoms with E-state index in [0.717, 1.165) is 12.8 Å². The number of quaternary nitrogens is 1. The van der Waals surface area contributed by atoms with Crippen molar-refractivity contribution in [1.82, 2.24) is 0 Å². The number of ether oxygens (including phenoxy) is 1. The van der Waals surface area contributed by atoms with Gasteiger partial charge < -0.3 is 14.3 Å². The molecule has 0 aliphatic carbocycles. The Kier molecular flexibility index (Phi) is 8.88. The van der Waals surface area contributed by atoms with E-state index in [-0.39, 0.29) is 12.4 Å². The van der Waals surface area contributed by atoms with Crippen molar-refractivity contribution in [3.05, 3.63) is 12.2 Å². The van der Waals surface area contributed by atoms with Crippen molar-refractivity contribution in [3.8, 4) is 0 Å². The fourth-order valence-corrected chi connectivity index (χ4v) is 1.80. The number of esters is 1. The molecule has 0 aromatic rings. The molecule has 5 nitrogen and oxygen atoms in total. The Morgan fingerprint density at radius 3 is 2.30 bits per heavy atom. The van der Waals surface area contributed by atoms with Crippen molar-refractivity contribution in [2.75, 3.05) is 27.7 Å². The number of aliphatic carboxylic acids is 1. The lowest BCUT2D eigenvalue weighted by Gasteiger charge is -2.28. The predicted molar refractivity (Wildman–Crippen MR) is 78.3 cm³/mol. The molecular formula is C15H28NO4+. The standard InChI is InChI=1S/C15H27NO4/c1-5-6-7-8-9-10-15(19)20-13(11-14(17)18)12-16(2,3)4/h7-8,13H,5-6,9-12H2,1-4H3/p+1. The van der Waals surface area contributed by atoms with Gasteiger partial charge >= 0.3 is 11.9 Å². The Bertz CT molecular complexity index is 331. The number of allylic oxidation sites excluding steroid dienone is 2. The molecule has 0 fully saturated rings. The van der Waals surface area contributed by atoms with Gasteiger partial charge in [-0.3, -0.25) is 9.59 Å². The van der Waals surface area contributed by atoms with Crippen molar-refractivity contribution in [1.29, 1.82) is 0 Å². The van der Waals surface area contributed by atoms with Crippen LogP contribution in [-0.4, -0.2) is 55.3 Å². The van der Waals surface area contributed by atoms with Gasteiger partial charge in [0.15, 0.2) is 6.10 Å². The summed E-state index contributed by atoms with van der Waals surface area (Å²) in [5.74, 6) is -1.27. The van der Waals surface area contributed by atoms with Crippen LogP contribution in [0.4, 0.5) is 0 Å².